The number of carbonyl (C=O) groups is 1. The van der Waals surface area contributed by atoms with E-state index in [1.165, 1.54) is 0 Å². The number of hydrogen-bond acceptors (Lipinski definition) is 1. The number of halogens is 1. The van der Waals surface area contributed by atoms with Gasteiger partial charge in [0.1, 0.15) is 0 Å². The highest BCUT2D eigenvalue weighted by atomic mass is 35.5. The van der Waals surface area contributed by atoms with E-state index in [0.717, 1.165) is 11.1 Å². The molecule has 0 fully saturated rings. The molecule has 0 amide bonds. The Morgan fingerprint density at radius 2 is 1.94 bits per heavy atom. The van der Waals surface area contributed by atoms with Gasteiger partial charge < -0.3 is 5.11 Å². The fraction of sp³-hybridized carbons (Fsp3) is 0.214. The Labute approximate surface area is 106 Å². The van der Waals surface area contributed by atoms with Gasteiger partial charge in [0.15, 0.2) is 0 Å². The third-order valence-corrected chi connectivity index (χ3v) is 2.66. The minimum absolute atomic E-state index is 0.244. The van der Waals surface area contributed by atoms with E-state index in [-0.39, 0.29) is 5.57 Å². The Morgan fingerprint density at radius 1 is 1.35 bits per heavy atom. The van der Waals surface area contributed by atoms with E-state index in [1.54, 1.807) is 0 Å². The summed E-state index contributed by atoms with van der Waals surface area (Å²) in [5.74, 6) is -0.927. The maximum Gasteiger partial charge on any atom is 0.330 e. The minimum Gasteiger partial charge on any atom is -0.478 e. The Kier molecular flexibility index (Phi) is 4.98. The monoisotopic (exact) mass is 250 g/mol. The van der Waals surface area contributed by atoms with Crippen molar-refractivity contribution in [2.45, 2.75) is 19.8 Å². The fourth-order valence-corrected chi connectivity index (χ4v) is 1.50. The number of rotatable bonds is 5. The van der Waals surface area contributed by atoms with Gasteiger partial charge in [0, 0.05) is 10.6 Å². The van der Waals surface area contributed by atoms with Crippen LogP contribution in [0.4, 0.5) is 0 Å². The second kappa shape index (κ2) is 6.26. The van der Waals surface area contributed by atoms with Gasteiger partial charge in [-0.2, -0.15) is 0 Å². The van der Waals surface area contributed by atoms with Gasteiger partial charge in [0.05, 0.1) is 0 Å². The van der Waals surface area contributed by atoms with Crippen LogP contribution in [0.5, 0.6) is 0 Å². The topological polar surface area (TPSA) is 37.3 Å². The summed E-state index contributed by atoms with van der Waals surface area (Å²) in [7, 11) is 0. The molecule has 1 aromatic rings. The van der Waals surface area contributed by atoms with Gasteiger partial charge in [-0.1, -0.05) is 42.0 Å². The molecular weight excluding hydrogens is 236 g/mol. The lowest BCUT2D eigenvalue weighted by Crippen LogP contribution is -1.98. The fourth-order valence-electron chi connectivity index (χ4n) is 1.37. The van der Waals surface area contributed by atoms with Crippen LogP contribution >= 0.6 is 11.6 Å². The van der Waals surface area contributed by atoms with Crippen LogP contribution in [-0.4, -0.2) is 11.1 Å². The molecule has 0 aliphatic carbocycles. The van der Waals surface area contributed by atoms with Crippen molar-refractivity contribution in [2.24, 2.45) is 0 Å². The third kappa shape index (κ3) is 4.87. The summed E-state index contributed by atoms with van der Waals surface area (Å²) in [6.07, 6.45) is 3.20. The lowest BCUT2D eigenvalue weighted by Gasteiger charge is -2.02. The van der Waals surface area contributed by atoms with E-state index >= 15 is 0 Å². The van der Waals surface area contributed by atoms with E-state index in [4.69, 9.17) is 16.7 Å². The lowest BCUT2D eigenvalue weighted by molar-refractivity contribution is -0.132. The number of allylic oxidation sites excluding steroid dienone is 1. The third-order valence-electron chi connectivity index (χ3n) is 2.41. The molecular formula is C14H15ClO2. The number of aliphatic carboxylic acids is 1. The largest absolute Gasteiger partial charge is 0.478 e. The standard InChI is InChI=1S/C14H15ClO2/c1-10(3-4-11(2)14(16)17)9-12-5-7-13(15)8-6-12/h5-9H,2-4H2,1H3,(H,16,17). The molecule has 0 spiro atoms. The van der Waals surface area contributed by atoms with Crippen molar-refractivity contribution >= 4 is 23.6 Å². The molecule has 0 saturated heterocycles. The van der Waals surface area contributed by atoms with Crippen LogP contribution in [0.3, 0.4) is 0 Å². The van der Waals surface area contributed by atoms with E-state index < -0.39 is 5.97 Å². The highest BCUT2D eigenvalue weighted by Crippen LogP contribution is 2.16. The summed E-state index contributed by atoms with van der Waals surface area (Å²) in [6.45, 7) is 5.48. The molecule has 0 aliphatic heterocycles. The summed E-state index contributed by atoms with van der Waals surface area (Å²) in [5, 5.41) is 9.39. The summed E-state index contributed by atoms with van der Waals surface area (Å²) >= 11 is 5.79. The van der Waals surface area contributed by atoms with Crippen LogP contribution in [0.15, 0.2) is 42.0 Å². The van der Waals surface area contributed by atoms with Crippen molar-refractivity contribution in [3.63, 3.8) is 0 Å². The number of carboxylic acid groups (broad SMARTS) is 1. The highest BCUT2D eigenvalue weighted by Gasteiger charge is 2.03. The predicted octanol–water partition coefficient (Wildman–Crippen LogP) is 4.16. The Bertz CT molecular complexity index is 444. The first-order chi connectivity index (χ1) is 7.99. The SMILES string of the molecule is C=C(CCC(C)=Cc1ccc(Cl)cc1)C(=O)O. The van der Waals surface area contributed by atoms with Crippen molar-refractivity contribution in [3.8, 4) is 0 Å². The molecule has 0 bridgehead atoms. The second-order valence-electron chi connectivity index (χ2n) is 3.95. The van der Waals surface area contributed by atoms with Gasteiger partial charge in [0.25, 0.3) is 0 Å². The molecule has 90 valence electrons. The van der Waals surface area contributed by atoms with Crippen LogP contribution < -0.4 is 0 Å². The van der Waals surface area contributed by atoms with Crippen LogP contribution in [0.2, 0.25) is 5.02 Å². The summed E-state index contributed by atoms with van der Waals surface area (Å²) in [6, 6.07) is 7.52. The van der Waals surface area contributed by atoms with E-state index in [0.29, 0.717) is 17.9 Å². The molecule has 1 rings (SSSR count). The summed E-state index contributed by atoms with van der Waals surface area (Å²) < 4.78 is 0. The zero-order valence-corrected chi connectivity index (χ0v) is 10.5. The first-order valence-electron chi connectivity index (χ1n) is 5.33. The average molecular weight is 251 g/mol. The molecule has 3 heteroatoms. The molecule has 0 atom stereocenters. The van der Waals surface area contributed by atoms with Crippen molar-refractivity contribution in [3.05, 3.63) is 52.6 Å². The van der Waals surface area contributed by atoms with Gasteiger partial charge in [0.2, 0.25) is 0 Å². The highest BCUT2D eigenvalue weighted by molar-refractivity contribution is 6.30. The van der Waals surface area contributed by atoms with Gasteiger partial charge in [-0.25, -0.2) is 4.79 Å². The first kappa shape index (κ1) is 13.5. The van der Waals surface area contributed by atoms with Gasteiger partial charge in [-0.05, 0) is 37.5 Å². The molecule has 0 saturated carbocycles. The Balaban J connectivity index is 2.58. The van der Waals surface area contributed by atoms with E-state index in [9.17, 15) is 4.79 Å². The quantitative estimate of drug-likeness (QED) is 0.797. The molecule has 2 nitrogen and oxygen atoms in total. The molecule has 0 radical (unpaired) electrons. The molecule has 1 N–H and O–H groups in total. The smallest absolute Gasteiger partial charge is 0.330 e. The van der Waals surface area contributed by atoms with Gasteiger partial charge in [-0.3, -0.25) is 0 Å². The van der Waals surface area contributed by atoms with E-state index in [1.807, 2.05) is 37.3 Å². The zero-order chi connectivity index (χ0) is 12.8. The zero-order valence-electron chi connectivity index (χ0n) is 9.74. The van der Waals surface area contributed by atoms with Crippen LogP contribution in [0.25, 0.3) is 6.08 Å². The second-order valence-corrected chi connectivity index (χ2v) is 4.39. The van der Waals surface area contributed by atoms with Crippen molar-refractivity contribution < 1.29 is 9.90 Å². The van der Waals surface area contributed by atoms with Crippen molar-refractivity contribution in [2.75, 3.05) is 0 Å². The Morgan fingerprint density at radius 3 is 2.47 bits per heavy atom. The first-order valence-corrected chi connectivity index (χ1v) is 5.70. The van der Waals surface area contributed by atoms with Gasteiger partial charge in [-0.15, -0.1) is 0 Å². The normalized spacial score (nSPS) is 11.3. The van der Waals surface area contributed by atoms with Gasteiger partial charge >= 0.3 is 5.97 Å². The maximum atomic E-state index is 10.6. The summed E-state index contributed by atoms with van der Waals surface area (Å²) in [5.41, 5.74) is 2.43. The number of benzene rings is 1. The van der Waals surface area contributed by atoms with Crippen molar-refractivity contribution in [1.29, 1.82) is 0 Å². The molecule has 0 aliphatic rings. The molecule has 17 heavy (non-hydrogen) atoms. The number of hydrogen-bond donors (Lipinski definition) is 1. The minimum atomic E-state index is -0.927. The average Bonchev–Trinajstić information content (AvgIpc) is 2.29. The van der Waals surface area contributed by atoms with Crippen LogP contribution in [0, 0.1) is 0 Å². The van der Waals surface area contributed by atoms with Crippen LogP contribution in [0.1, 0.15) is 25.3 Å². The Hall–Kier alpha value is -1.54. The molecule has 0 aromatic heterocycles. The molecule has 1 aromatic carbocycles. The lowest BCUT2D eigenvalue weighted by atomic mass is 10.0. The number of carboxylic acids is 1. The summed E-state index contributed by atoms with van der Waals surface area (Å²) in [4.78, 5) is 10.6. The van der Waals surface area contributed by atoms with Crippen molar-refractivity contribution in [1.82, 2.24) is 0 Å². The van der Waals surface area contributed by atoms with Crippen LogP contribution in [-0.2, 0) is 4.79 Å². The van der Waals surface area contributed by atoms with E-state index in [2.05, 4.69) is 6.58 Å². The maximum absolute atomic E-state index is 10.6. The molecule has 0 heterocycles. The molecule has 0 unspecified atom stereocenters. The predicted molar refractivity (Wildman–Crippen MR) is 71.1 cm³/mol.